The molecule has 3 aromatic rings. The van der Waals surface area contributed by atoms with Gasteiger partial charge in [0.1, 0.15) is 11.6 Å². The lowest BCUT2D eigenvalue weighted by Crippen LogP contribution is -2.13. The minimum Gasteiger partial charge on any atom is -0.360 e. The van der Waals surface area contributed by atoms with E-state index in [1.807, 2.05) is 0 Å². The van der Waals surface area contributed by atoms with Gasteiger partial charge in [0.15, 0.2) is 5.82 Å². The third kappa shape index (κ3) is 4.03. The van der Waals surface area contributed by atoms with E-state index in [2.05, 4.69) is 15.2 Å². The Morgan fingerprint density at radius 2 is 1.96 bits per heavy atom. The van der Waals surface area contributed by atoms with Crippen LogP contribution in [0, 0.1) is 12.7 Å². The van der Waals surface area contributed by atoms with E-state index >= 15 is 0 Å². The summed E-state index contributed by atoms with van der Waals surface area (Å²) in [6.07, 6.45) is 0. The molecular formula is C15H12FN3O4S2. The van der Waals surface area contributed by atoms with Gasteiger partial charge in [-0.2, -0.15) is 0 Å². The zero-order chi connectivity index (χ0) is 18.0. The van der Waals surface area contributed by atoms with E-state index in [-0.39, 0.29) is 21.3 Å². The number of amides is 1. The van der Waals surface area contributed by atoms with Crippen LogP contribution in [0.25, 0.3) is 0 Å². The summed E-state index contributed by atoms with van der Waals surface area (Å²) < 4.78 is 44.7. The molecule has 0 spiro atoms. The van der Waals surface area contributed by atoms with Crippen molar-refractivity contribution in [2.45, 2.75) is 11.8 Å². The van der Waals surface area contributed by atoms with Crippen molar-refractivity contribution in [3.05, 3.63) is 58.2 Å². The molecule has 0 atom stereocenters. The number of benzene rings is 1. The lowest BCUT2D eigenvalue weighted by atomic mass is 10.3. The number of rotatable bonds is 5. The fourth-order valence-corrected chi connectivity index (χ4v) is 4.14. The Labute approximate surface area is 146 Å². The van der Waals surface area contributed by atoms with Crippen LogP contribution in [-0.2, 0) is 10.0 Å². The second-order valence-corrected chi connectivity index (χ2v) is 7.63. The first-order valence-electron chi connectivity index (χ1n) is 6.95. The molecule has 0 unspecified atom stereocenters. The van der Waals surface area contributed by atoms with Crippen LogP contribution in [0.15, 0.2) is 51.2 Å². The van der Waals surface area contributed by atoms with Crippen molar-refractivity contribution >= 4 is 38.8 Å². The van der Waals surface area contributed by atoms with Crippen molar-refractivity contribution in [2.75, 3.05) is 10.0 Å². The predicted octanol–water partition coefficient (Wildman–Crippen LogP) is 3.24. The number of carbonyl (C=O) groups excluding carboxylic acids is 1. The number of nitrogens with one attached hydrogen (secondary N) is 2. The van der Waals surface area contributed by atoms with Gasteiger partial charge in [-0.3, -0.25) is 9.52 Å². The van der Waals surface area contributed by atoms with Crippen molar-refractivity contribution in [1.82, 2.24) is 5.16 Å². The Hall–Kier alpha value is -2.72. The molecule has 10 heteroatoms. The number of hydrogen-bond acceptors (Lipinski definition) is 6. The molecule has 1 aromatic carbocycles. The van der Waals surface area contributed by atoms with Crippen LogP contribution in [0.5, 0.6) is 0 Å². The van der Waals surface area contributed by atoms with E-state index in [1.54, 1.807) is 13.0 Å². The van der Waals surface area contributed by atoms with Crippen LogP contribution in [-0.4, -0.2) is 19.5 Å². The maximum absolute atomic E-state index is 12.9. The van der Waals surface area contributed by atoms with Crippen molar-refractivity contribution in [3.8, 4) is 0 Å². The molecule has 0 aliphatic rings. The Bertz CT molecular complexity index is 1010. The molecule has 0 bridgehead atoms. The summed E-state index contributed by atoms with van der Waals surface area (Å²) in [6.45, 7) is 1.68. The second-order valence-electron chi connectivity index (χ2n) is 5.04. The molecule has 0 saturated heterocycles. The molecule has 3 rings (SSSR count). The predicted molar refractivity (Wildman–Crippen MR) is 90.7 cm³/mol. The van der Waals surface area contributed by atoms with E-state index in [4.69, 9.17) is 4.52 Å². The largest absolute Gasteiger partial charge is 0.360 e. The summed E-state index contributed by atoms with van der Waals surface area (Å²) in [4.78, 5) is 12.2. The number of aryl methyl sites for hydroxylation is 1. The SMILES string of the molecule is Cc1cc(NC(=O)c2cc(S(=O)(=O)Nc3ccc(F)cc3)cs2)no1. The van der Waals surface area contributed by atoms with E-state index in [9.17, 15) is 17.6 Å². The van der Waals surface area contributed by atoms with Gasteiger partial charge in [0.2, 0.25) is 0 Å². The molecule has 7 nitrogen and oxygen atoms in total. The summed E-state index contributed by atoms with van der Waals surface area (Å²) >= 11 is 0.974. The van der Waals surface area contributed by atoms with Gasteiger partial charge >= 0.3 is 0 Å². The van der Waals surface area contributed by atoms with Crippen LogP contribution >= 0.6 is 11.3 Å². The number of nitrogens with zero attached hydrogens (tertiary/aromatic N) is 1. The average Bonchev–Trinajstić information content (AvgIpc) is 3.19. The highest BCUT2D eigenvalue weighted by molar-refractivity contribution is 7.92. The summed E-state index contributed by atoms with van der Waals surface area (Å²) in [6, 6.07) is 7.69. The zero-order valence-corrected chi connectivity index (χ0v) is 14.4. The number of thiophene rings is 1. The van der Waals surface area contributed by atoms with E-state index in [1.165, 1.54) is 23.6 Å². The molecule has 0 fully saturated rings. The number of anilines is 2. The Morgan fingerprint density at radius 1 is 1.24 bits per heavy atom. The number of halogens is 1. The normalized spacial score (nSPS) is 11.3. The molecule has 130 valence electrons. The Kier molecular flexibility index (Phi) is 4.55. The van der Waals surface area contributed by atoms with Crippen molar-refractivity contribution in [1.29, 1.82) is 0 Å². The highest BCUT2D eigenvalue weighted by atomic mass is 32.2. The van der Waals surface area contributed by atoms with E-state index < -0.39 is 21.7 Å². The number of sulfonamides is 1. The van der Waals surface area contributed by atoms with Gasteiger partial charge in [-0.1, -0.05) is 5.16 Å². The van der Waals surface area contributed by atoms with Crippen LogP contribution < -0.4 is 10.0 Å². The zero-order valence-electron chi connectivity index (χ0n) is 12.8. The molecule has 2 N–H and O–H groups in total. The molecular weight excluding hydrogens is 369 g/mol. The van der Waals surface area contributed by atoms with Crippen LogP contribution in [0.4, 0.5) is 15.9 Å². The Morgan fingerprint density at radius 3 is 2.60 bits per heavy atom. The minimum atomic E-state index is -3.88. The van der Waals surface area contributed by atoms with Gasteiger partial charge in [0, 0.05) is 17.1 Å². The monoisotopic (exact) mass is 381 g/mol. The third-order valence-corrected chi connectivity index (χ3v) is 5.51. The van der Waals surface area contributed by atoms with Crippen LogP contribution in [0.2, 0.25) is 0 Å². The molecule has 2 aromatic heterocycles. The van der Waals surface area contributed by atoms with Crippen molar-refractivity contribution in [3.63, 3.8) is 0 Å². The smallest absolute Gasteiger partial charge is 0.267 e. The highest BCUT2D eigenvalue weighted by Gasteiger charge is 2.19. The Balaban J connectivity index is 1.75. The van der Waals surface area contributed by atoms with Crippen LogP contribution in [0.3, 0.4) is 0 Å². The molecule has 1 amide bonds. The van der Waals surface area contributed by atoms with E-state index in [0.717, 1.165) is 23.5 Å². The fraction of sp³-hybridized carbons (Fsp3) is 0.0667. The maximum Gasteiger partial charge on any atom is 0.267 e. The lowest BCUT2D eigenvalue weighted by Gasteiger charge is -2.05. The molecule has 0 radical (unpaired) electrons. The van der Waals surface area contributed by atoms with Gasteiger partial charge in [-0.05, 0) is 37.3 Å². The molecule has 25 heavy (non-hydrogen) atoms. The molecule has 0 aliphatic heterocycles. The average molecular weight is 381 g/mol. The van der Waals surface area contributed by atoms with Gasteiger partial charge in [-0.15, -0.1) is 11.3 Å². The number of hydrogen-bond donors (Lipinski definition) is 2. The van der Waals surface area contributed by atoms with Gasteiger partial charge in [0.05, 0.1) is 9.77 Å². The summed E-state index contributed by atoms with van der Waals surface area (Å²) in [7, 11) is -3.88. The molecule has 0 aliphatic carbocycles. The highest BCUT2D eigenvalue weighted by Crippen LogP contribution is 2.23. The topological polar surface area (TPSA) is 101 Å². The third-order valence-electron chi connectivity index (χ3n) is 3.08. The minimum absolute atomic E-state index is 0.0664. The van der Waals surface area contributed by atoms with Gasteiger partial charge < -0.3 is 9.84 Å². The van der Waals surface area contributed by atoms with Gasteiger partial charge in [-0.25, -0.2) is 12.8 Å². The number of aromatic nitrogens is 1. The first kappa shape index (κ1) is 17.1. The van der Waals surface area contributed by atoms with Crippen molar-refractivity contribution in [2.24, 2.45) is 0 Å². The first-order valence-corrected chi connectivity index (χ1v) is 9.31. The quantitative estimate of drug-likeness (QED) is 0.706. The fourth-order valence-electron chi connectivity index (χ4n) is 1.91. The summed E-state index contributed by atoms with van der Waals surface area (Å²) in [5.41, 5.74) is 0.219. The standard InChI is InChI=1S/C15H12FN3O4S2/c1-9-6-14(18-23-9)17-15(20)13-7-12(8-24-13)25(21,22)19-11-4-2-10(16)3-5-11/h2-8,19H,1H3,(H,17,18,20). The van der Waals surface area contributed by atoms with Crippen molar-refractivity contribution < 1.29 is 22.1 Å². The lowest BCUT2D eigenvalue weighted by molar-refractivity contribution is 0.102. The van der Waals surface area contributed by atoms with Crippen LogP contribution in [0.1, 0.15) is 15.4 Å². The summed E-state index contributed by atoms with van der Waals surface area (Å²) in [5.74, 6) is -0.194. The molecule has 0 saturated carbocycles. The second kappa shape index (κ2) is 6.65. The maximum atomic E-state index is 12.9. The van der Waals surface area contributed by atoms with Gasteiger partial charge in [0.25, 0.3) is 15.9 Å². The molecule has 2 heterocycles. The number of carbonyl (C=O) groups is 1. The van der Waals surface area contributed by atoms with E-state index in [0.29, 0.717) is 5.76 Å². The summed E-state index contributed by atoms with van der Waals surface area (Å²) in [5, 5.41) is 7.49. The first-order chi connectivity index (χ1) is 11.8.